The first-order valence-electron chi connectivity index (χ1n) is 20.8. The Balaban J connectivity index is 1.27. The van der Waals surface area contributed by atoms with Crippen LogP contribution in [-0.2, 0) is 25.6 Å². The summed E-state index contributed by atoms with van der Waals surface area (Å²) in [6.07, 6.45) is 0.204. The Morgan fingerprint density at radius 3 is 1.39 bits per heavy atom. The van der Waals surface area contributed by atoms with E-state index in [1.165, 1.54) is 68.8 Å². The molecule has 4 unspecified atom stereocenters. The van der Waals surface area contributed by atoms with Gasteiger partial charge >= 0.3 is 0 Å². The minimum Gasteiger partial charge on any atom is -0.496 e. The number of ether oxygens (including phenoxy) is 2. The fourth-order valence-corrected chi connectivity index (χ4v) is 7.59. The highest BCUT2D eigenvalue weighted by Crippen LogP contribution is 2.34. The molecule has 21 heteroatoms. The van der Waals surface area contributed by atoms with Crippen LogP contribution in [0.4, 0.5) is 34.1 Å². The average Bonchev–Trinajstić information content (AvgIpc) is 3.29. The van der Waals surface area contributed by atoms with Crippen molar-refractivity contribution in [3.63, 3.8) is 0 Å². The van der Waals surface area contributed by atoms with Gasteiger partial charge in [-0.1, -0.05) is 35.3 Å². The van der Waals surface area contributed by atoms with Crippen molar-refractivity contribution in [3.05, 3.63) is 129 Å². The van der Waals surface area contributed by atoms with Crippen LogP contribution in [0.2, 0.25) is 10.0 Å². The summed E-state index contributed by atoms with van der Waals surface area (Å²) in [4.78, 5) is 78.8. The van der Waals surface area contributed by atoms with E-state index < -0.39 is 47.3 Å². The van der Waals surface area contributed by atoms with Crippen LogP contribution < -0.4 is 30.7 Å². The first-order chi connectivity index (χ1) is 32.8. The van der Waals surface area contributed by atoms with Crippen LogP contribution in [0.25, 0.3) is 0 Å². The van der Waals surface area contributed by atoms with Crippen LogP contribution in [0.15, 0.2) is 111 Å². The molecular formula is C48H45Cl5N8O8. The maximum Gasteiger partial charge on any atom is 0.258 e. The second-order valence-electron chi connectivity index (χ2n) is 15.2. The molecule has 0 saturated heterocycles. The van der Waals surface area contributed by atoms with Crippen molar-refractivity contribution >= 4 is 127 Å². The Morgan fingerprint density at radius 2 is 0.986 bits per heavy atom. The van der Waals surface area contributed by atoms with Crippen molar-refractivity contribution in [2.45, 2.75) is 57.0 Å². The second-order valence-corrected chi connectivity index (χ2v) is 17.8. The van der Waals surface area contributed by atoms with Crippen molar-refractivity contribution in [1.29, 1.82) is 0 Å². The van der Waals surface area contributed by atoms with Crippen molar-refractivity contribution in [3.8, 4) is 11.5 Å². The van der Waals surface area contributed by atoms with Gasteiger partial charge in [0, 0.05) is 73.1 Å². The van der Waals surface area contributed by atoms with Gasteiger partial charge in [-0.15, -0.1) is 34.8 Å². The first-order valence-corrected chi connectivity index (χ1v) is 23.0. The molecule has 0 aliphatic carbocycles. The third-order valence-corrected chi connectivity index (χ3v) is 11.1. The summed E-state index contributed by atoms with van der Waals surface area (Å²) in [6.45, 7) is 5.91. The molecule has 4 amide bonds. The van der Waals surface area contributed by atoms with Crippen molar-refractivity contribution < 1.29 is 38.2 Å². The normalized spacial score (nSPS) is 13.0. The summed E-state index contributed by atoms with van der Waals surface area (Å²) in [5.41, 5.74) is 3.67. The Kier molecular flexibility index (Phi) is 19.2. The Labute approximate surface area is 422 Å². The maximum absolute atomic E-state index is 13.5. The number of halogens is 5. The predicted octanol–water partition coefficient (Wildman–Crippen LogP) is 12.3. The van der Waals surface area contributed by atoms with Gasteiger partial charge in [-0.25, -0.2) is 0 Å². The van der Waals surface area contributed by atoms with Gasteiger partial charge in [0.2, 0.25) is 12.1 Å². The predicted molar refractivity (Wildman–Crippen MR) is 269 cm³/mol. The SMILES string of the molecule is COc1cc(NC(=O)c2cc(Cl)cc(N=NC(C(C)=O)C(=O)Nc3ccc(NC(=O)C(N=Nc4cc(Cl)cc(C(=O)Nc5ccc(C(C)Cl)c(OC)c5)c4)C(C)=O)c(CCCl)c3)c2)ccc1C(C)Cl. The lowest BCUT2D eigenvalue weighted by atomic mass is 10.1. The van der Waals surface area contributed by atoms with Crippen molar-refractivity contribution in [2.75, 3.05) is 41.4 Å². The summed E-state index contributed by atoms with van der Waals surface area (Å²) >= 11 is 31.2. The molecule has 4 N–H and O–H groups in total. The molecule has 4 atom stereocenters. The molecule has 0 aliphatic rings. The molecule has 5 aromatic carbocycles. The number of nitrogens with zero attached hydrogens (tertiary/aromatic N) is 4. The Morgan fingerprint density at radius 1 is 0.565 bits per heavy atom. The van der Waals surface area contributed by atoms with E-state index >= 15 is 0 Å². The van der Waals surface area contributed by atoms with Gasteiger partial charge in [-0.2, -0.15) is 20.5 Å². The van der Waals surface area contributed by atoms with Crippen molar-refractivity contribution in [1.82, 2.24) is 0 Å². The summed E-state index contributed by atoms with van der Waals surface area (Å²) < 4.78 is 10.8. The lowest BCUT2D eigenvalue weighted by Gasteiger charge is -2.15. The van der Waals surface area contributed by atoms with Gasteiger partial charge in [-0.3, -0.25) is 28.8 Å². The van der Waals surface area contributed by atoms with Crippen molar-refractivity contribution in [2.24, 2.45) is 20.5 Å². The molecule has 0 saturated carbocycles. The zero-order valence-corrected chi connectivity index (χ0v) is 41.6. The fourth-order valence-electron chi connectivity index (χ4n) is 6.57. The highest BCUT2D eigenvalue weighted by molar-refractivity contribution is 6.32. The van der Waals surface area contributed by atoms with Crippen LogP contribution in [0.3, 0.4) is 0 Å². The van der Waals surface area contributed by atoms with Gasteiger partial charge in [0.1, 0.15) is 11.5 Å². The average molecular weight is 1040 g/mol. The number of nitrogens with one attached hydrogen (secondary N) is 4. The summed E-state index contributed by atoms with van der Waals surface area (Å²) in [7, 11) is 2.98. The highest BCUT2D eigenvalue weighted by atomic mass is 35.5. The molecule has 0 fully saturated rings. The summed E-state index contributed by atoms with van der Waals surface area (Å²) in [6, 6.07) is 19.7. The van der Waals surface area contributed by atoms with Crippen LogP contribution in [-0.4, -0.2) is 67.4 Å². The number of alkyl halides is 3. The largest absolute Gasteiger partial charge is 0.496 e. The standard InChI is InChI=1S/C48H45Cl5N8O8/c1-24(50)38-10-7-34(22-41(38)68-5)54-45(64)29-15-31(52)20-36(18-29)58-60-43(26(3)62)47(66)56-33-9-12-40(28(17-33)13-14-49)57-48(67)44(27(4)63)61-59-37-19-30(16-32(53)21-37)46(65)55-35-8-11-39(25(2)51)42(23-35)69-6/h7-12,15-25,43-44H,13-14H2,1-6H3,(H,54,64)(H,55,65)(H,56,66)(H,57,67). The number of amides is 4. The van der Waals surface area contributed by atoms with Gasteiger partial charge in [-0.05, 0) is 106 Å². The maximum atomic E-state index is 13.5. The van der Waals surface area contributed by atoms with Gasteiger partial charge in [0.25, 0.3) is 23.6 Å². The van der Waals surface area contributed by atoms with Crippen LogP contribution in [0, 0.1) is 0 Å². The molecule has 0 aromatic heterocycles. The number of aryl methyl sites for hydroxylation is 1. The molecule has 0 aliphatic heterocycles. The molecule has 16 nitrogen and oxygen atoms in total. The molecule has 5 rings (SSSR count). The molecule has 5 aromatic rings. The van der Waals surface area contributed by atoms with E-state index in [9.17, 15) is 28.8 Å². The lowest BCUT2D eigenvalue weighted by molar-refractivity contribution is -0.127. The number of methoxy groups -OCH3 is 2. The topological polar surface area (TPSA) is 218 Å². The number of rotatable bonds is 20. The third-order valence-electron chi connectivity index (χ3n) is 9.97. The monoisotopic (exact) mass is 1040 g/mol. The minimum absolute atomic E-state index is 0.0869. The van der Waals surface area contributed by atoms with E-state index in [1.54, 1.807) is 50.2 Å². The molecule has 69 heavy (non-hydrogen) atoms. The van der Waals surface area contributed by atoms with E-state index in [0.29, 0.717) is 28.4 Å². The number of ketones is 2. The van der Waals surface area contributed by atoms with E-state index in [2.05, 4.69) is 41.7 Å². The zero-order chi connectivity index (χ0) is 50.5. The quantitative estimate of drug-likeness (QED) is 0.0333. The van der Waals surface area contributed by atoms with E-state index in [-0.39, 0.29) is 67.0 Å². The smallest absolute Gasteiger partial charge is 0.258 e. The van der Waals surface area contributed by atoms with Crippen LogP contribution in [0.5, 0.6) is 11.5 Å². The number of carbonyl (C=O) groups is 6. The molecule has 0 spiro atoms. The summed E-state index contributed by atoms with van der Waals surface area (Å²) in [5.74, 6) is -2.95. The number of benzene rings is 5. The number of hydrogen-bond donors (Lipinski definition) is 4. The molecule has 0 radical (unpaired) electrons. The first kappa shape index (κ1) is 53.5. The molecule has 0 bridgehead atoms. The minimum atomic E-state index is -1.62. The number of carbonyl (C=O) groups excluding carboxylic acids is 6. The van der Waals surface area contributed by atoms with Gasteiger partial charge in [0.05, 0.1) is 36.3 Å². The molecular weight excluding hydrogens is 994 g/mol. The number of Topliss-reactive ketones (excluding diaryl/α,β-unsaturated/α-hetero) is 2. The van der Waals surface area contributed by atoms with Crippen LogP contribution >= 0.6 is 58.0 Å². The third kappa shape index (κ3) is 14.8. The summed E-state index contributed by atoms with van der Waals surface area (Å²) in [5, 5.41) is 26.6. The Hall–Kier alpha value is -6.43. The lowest BCUT2D eigenvalue weighted by Crippen LogP contribution is -2.32. The zero-order valence-electron chi connectivity index (χ0n) is 37.8. The fraction of sp³-hybridized carbons (Fsp3) is 0.250. The second kappa shape index (κ2) is 24.7. The van der Waals surface area contributed by atoms with E-state index in [1.807, 2.05) is 0 Å². The number of anilines is 4. The molecule has 0 heterocycles. The number of azo groups is 2. The Bertz CT molecular complexity index is 2840. The highest BCUT2D eigenvalue weighted by Gasteiger charge is 2.26. The molecule has 360 valence electrons. The van der Waals surface area contributed by atoms with E-state index in [4.69, 9.17) is 67.5 Å². The van der Waals surface area contributed by atoms with Gasteiger partial charge < -0.3 is 30.7 Å². The van der Waals surface area contributed by atoms with E-state index in [0.717, 1.165) is 25.0 Å². The van der Waals surface area contributed by atoms with Gasteiger partial charge in [0.15, 0.2) is 11.6 Å². The number of hydrogen-bond acceptors (Lipinski definition) is 12. The van der Waals surface area contributed by atoms with Crippen LogP contribution in [0.1, 0.15) is 75.9 Å².